The summed E-state index contributed by atoms with van der Waals surface area (Å²) in [5, 5.41) is 3.50. The van der Waals surface area contributed by atoms with Crippen molar-refractivity contribution in [2.24, 2.45) is 17.3 Å². The Bertz CT molecular complexity index is 346. The van der Waals surface area contributed by atoms with Crippen LogP contribution < -0.4 is 5.32 Å². The van der Waals surface area contributed by atoms with E-state index in [9.17, 15) is 4.79 Å². The molecule has 3 rings (SSSR count). The van der Waals surface area contributed by atoms with Crippen molar-refractivity contribution in [2.75, 3.05) is 39.9 Å². The Morgan fingerprint density at radius 3 is 2.33 bits per heavy atom. The molecule has 0 bridgehead atoms. The summed E-state index contributed by atoms with van der Waals surface area (Å²) < 4.78 is 5.22. The van der Waals surface area contributed by atoms with Gasteiger partial charge in [-0.1, -0.05) is 6.42 Å². The van der Waals surface area contributed by atoms with Crippen molar-refractivity contribution in [2.45, 2.75) is 38.5 Å². The van der Waals surface area contributed by atoms with Gasteiger partial charge in [0.2, 0.25) is 5.91 Å². The van der Waals surface area contributed by atoms with Gasteiger partial charge in [0.05, 0.1) is 5.41 Å². The molecule has 1 saturated carbocycles. The lowest BCUT2D eigenvalue weighted by atomic mass is 9.65. The van der Waals surface area contributed by atoms with E-state index < -0.39 is 0 Å². The summed E-state index contributed by atoms with van der Waals surface area (Å²) in [7, 11) is 1.73. The number of hydrogen-bond acceptors (Lipinski definition) is 3. The van der Waals surface area contributed by atoms with Gasteiger partial charge in [0.1, 0.15) is 0 Å². The summed E-state index contributed by atoms with van der Waals surface area (Å²) in [6.45, 7) is 4.96. The minimum Gasteiger partial charge on any atom is -0.385 e. The van der Waals surface area contributed by atoms with E-state index in [1.807, 2.05) is 0 Å². The molecule has 0 radical (unpaired) electrons. The smallest absolute Gasteiger partial charge is 0.228 e. The molecule has 21 heavy (non-hydrogen) atoms. The second-order valence-electron chi connectivity index (χ2n) is 6.92. The highest BCUT2D eigenvalue weighted by molar-refractivity contribution is 5.85. The molecule has 1 amide bonds. The number of fused-ring (bicyclic) bond motifs is 1. The number of nitrogens with zero attached hydrogens (tertiary/aromatic N) is 1. The van der Waals surface area contributed by atoms with Crippen LogP contribution in [0.1, 0.15) is 38.5 Å². The molecule has 0 spiro atoms. The SMILES string of the molecule is COCCC1(C(=O)N2CC[C@@H]3CNC[C@@H]3CC2)CCC1.Cl. The zero-order valence-electron chi connectivity index (χ0n) is 13.1. The molecule has 0 unspecified atom stereocenters. The fourth-order valence-corrected chi connectivity index (χ4v) is 4.23. The summed E-state index contributed by atoms with van der Waals surface area (Å²) in [5.41, 5.74) is -0.0757. The average molecular weight is 317 g/mol. The van der Waals surface area contributed by atoms with Crippen LogP contribution in [-0.4, -0.2) is 50.7 Å². The normalized spacial score (nSPS) is 30.8. The van der Waals surface area contributed by atoms with Crippen LogP contribution in [0.3, 0.4) is 0 Å². The van der Waals surface area contributed by atoms with E-state index in [1.165, 1.54) is 19.3 Å². The minimum atomic E-state index is -0.0757. The number of rotatable bonds is 4. The number of nitrogens with one attached hydrogen (secondary N) is 1. The van der Waals surface area contributed by atoms with Gasteiger partial charge in [0.15, 0.2) is 0 Å². The Kier molecular flexibility index (Phi) is 5.92. The predicted octanol–water partition coefficient (Wildman–Crippen LogP) is 2.07. The van der Waals surface area contributed by atoms with E-state index in [-0.39, 0.29) is 17.8 Å². The second-order valence-corrected chi connectivity index (χ2v) is 6.92. The first-order valence-electron chi connectivity index (χ1n) is 8.24. The van der Waals surface area contributed by atoms with Gasteiger partial charge in [-0.15, -0.1) is 12.4 Å². The van der Waals surface area contributed by atoms with Gasteiger partial charge in [0, 0.05) is 26.8 Å². The van der Waals surface area contributed by atoms with Gasteiger partial charge >= 0.3 is 0 Å². The number of hydrogen-bond donors (Lipinski definition) is 1. The summed E-state index contributed by atoms with van der Waals surface area (Å²) >= 11 is 0. The van der Waals surface area contributed by atoms with Crippen molar-refractivity contribution in [3.05, 3.63) is 0 Å². The monoisotopic (exact) mass is 316 g/mol. The molecule has 0 aromatic heterocycles. The van der Waals surface area contributed by atoms with E-state index in [1.54, 1.807) is 7.11 Å². The third-order valence-corrected chi connectivity index (χ3v) is 5.86. The lowest BCUT2D eigenvalue weighted by Crippen LogP contribution is -2.49. The molecule has 0 aromatic rings. The molecule has 2 aliphatic heterocycles. The van der Waals surface area contributed by atoms with Gasteiger partial charge in [-0.2, -0.15) is 0 Å². The van der Waals surface area contributed by atoms with Crippen molar-refractivity contribution in [1.82, 2.24) is 10.2 Å². The Morgan fingerprint density at radius 1 is 1.24 bits per heavy atom. The predicted molar refractivity (Wildman–Crippen MR) is 85.7 cm³/mol. The highest BCUT2D eigenvalue weighted by Crippen LogP contribution is 2.46. The quantitative estimate of drug-likeness (QED) is 0.863. The van der Waals surface area contributed by atoms with E-state index in [0.717, 1.165) is 63.9 Å². The maximum atomic E-state index is 12.9. The first kappa shape index (κ1) is 17.0. The lowest BCUT2D eigenvalue weighted by molar-refractivity contribution is -0.149. The second kappa shape index (κ2) is 7.30. The molecule has 2 saturated heterocycles. The van der Waals surface area contributed by atoms with Crippen LogP contribution in [0.2, 0.25) is 0 Å². The minimum absolute atomic E-state index is 0. The van der Waals surface area contributed by atoms with Crippen molar-refractivity contribution in [3.63, 3.8) is 0 Å². The van der Waals surface area contributed by atoms with Crippen molar-refractivity contribution >= 4 is 18.3 Å². The molecule has 0 aromatic carbocycles. The van der Waals surface area contributed by atoms with Gasteiger partial charge in [-0.05, 0) is 57.0 Å². The molecule has 2 atom stereocenters. The van der Waals surface area contributed by atoms with E-state index >= 15 is 0 Å². The lowest BCUT2D eigenvalue weighted by Gasteiger charge is -2.43. The van der Waals surface area contributed by atoms with Crippen molar-refractivity contribution in [1.29, 1.82) is 0 Å². The first-order chi connectivity index (χ1) is 9.75. The number of carbonyl (C=O) groups excluding carboxylic acids is 1. The summed E-state index contributed by atoms with van der Waals surface area (Å²) in [4.78, 5) is 15.1. The van der Waals surface area contributed by atoms with Crippen LogP contribution in [0.15, 0.2) is 0 Å². The van der Waals surface area contributed by atoms with E-state index in [0.29, 0.717) is 5.91 Å². The van der Waals surface area contributed by atoms with Crippen LogP contribution >= 0.6 is 12.4 Å². The molecule has 5 heteroatoms. The number of amides is 1. The Morgan fingerprint density at radius 2 is 1.86 bits per heavy atom. The highest BCUT2D eigenvalue weighted by Gasteiger charge is 2.46. The molecular weight excluding hydrogens is 288 g/mol. The third kappa shape index (κ3) is 3.38. The van der Waals surface area contributed by atoms with Gasteiger partial charge in [-0.3, -0.25) is 4.79 Å². The van der Waals surface area contributed by atoms with Crippen LogP contribution in [0.25, 0.3) is 0 Å². The fraction of sp³-hybridized carbons (Fsp3) is 0.938. The number of halogens is 1. The van der Waals surface area contributed by atoms with E-state index in [2.05, 4.69) is 10.2 Å². The summed E-state index contributed by atoms with van der Waals surface area (Å²) in [6.07, 6.45) is 6.62. The summed E-state index contributed by atoms with van der Waals surface area (Å²) in [5.74, 6) is 2.02. The zero-order valence-corrected chi connectivity index (χ0v) is 13.9. The summed E-state index contributed by atoms with van der Waals surface area (Å²) in [6, 6.07) is 0. The van der Waals surface area contributed by atoms with Crippen LogP contribution in [0.4, 0.5) is 0 Å². The van der Waals surface area contributed by atoms with Gasteiger partial charge in [-0.25, -0.2) is 0 Å². The number of methoxy groups -OCH3 is 1. The Hall–Kier alpha value is -0.320. The molecular formula is C16H29ClN2O2. The molecule has 1 N–H and O–H groups in total. The van der Waals surface area contributed by atoms with E-state index in [4.69, 9.17) is 4.74 Å². The Labute approximate surface area is 134 Å². The maximum Gasteiger partial charge on any atom is 0.228 e. The van der Waals surface area contributed by atoms with Crippen molar-refractivity contribution < 1.29 is 9.53 Å². The number of carbonyl (C=O) groups is 1. The molecule has 4 nitrogen and oxygen atoms in total. The standard InChI is InChI=1S/C16H28N2O2.ClH/c1-20-10-7-16(5-2-6-16)15(19)18-8-3-13-11-17-12-14(13)4-9-18;/h13-14,17H,2-12H2,1H3;1H/t13-,14+;. The fourth-order valence-electron chi connectivity index (χ4n) is 4.23. The van der Waals surface area contributed by atoms with Gasteiger partial charge < -0.3 is 15.0 Å². The molecule has 3 aliphatic rings. The topological polar surface area (TPSA) is 41.6 Å². The van der Waals surface area contributed by atoms with Crippen molar-refractivity contribution in [3.8, 4) is 0 Å². The van der Waals surface area contributed by atoms with Crippen LogP contribution in [0.5, 0.6) is 0 Å². The Balaban J connectivity index is 0.00000161. The zero-order chi connectivity index (χ0) is 14.0. The highest BCUT2D eigenvalue weighted by atomic mass is 35.5. The maximum absolute atomic E-state index is 12.9. The molecule has 2 heterocycles. The third-order valence-electron chi connectivity index (χ3n) is 5.86. The molecule has 3 fully saturated rings. The van der Waals surface area contributed by atoms with Gasteiger partial charge in [0.25, 0.3) is 0 Å². The molecule has 1 aliphatic carbocycles. The molecule has 122 valence electrons. The average Bonchev–Trinajstić information content (AvgIpc) is 2.76. The van der Waals surface area contributed by atoms with Crippen LogP contribution in [-0.2, 0) is 9.53 Å². The number of likely N-dealkylation sites (tertiary alicyclic amines) is 1. The largest absolute Gasteiger partial charge is 0.385 e. The first-order valence-corrected chi connectivity index (χ1v) is 8.24. The number of ether oxygens (including phenoxy) is 1. The van der Waals surface area contributed by atoms with Crippen LogP contribution in [0, 0.1) is 17.3 Å².